The van der Waals surface area contributed by atoms with E-state index in [0.717, 1.165) is 49.2 Å². The summed E-state index contributed by atoms with van der Waals surface area (Å²) in [6.07, 6.45) is 10.6. The Morgan fingerprint density at radius 2 is 2.04 bits per heavy atom. The zero-order valence-corrected chi connectivity index (χ0v) is 13.7. The smallest absolute Gasteiger partial charge is 0.225 e. The van der Waals surface area contributed by atoms with Gasteiger partial charge in [0.1, 0.15) is 5.82 Å². The fourth-order valence-electron chi connectivity index (χ4n) is 4.20. The Kier molecular flexibility index (Phi) is 3.79. The second kappa shape index (κ2) is 5.95. The molecule has 122 valence electrons. The van der Waals surface area contributed by atoms with Crippen LogP contribution in [-0.2, 0) is 11.8 Å². The number of likely N-dealkylation sites (tertiary alicyclic amines) is 1. The summed E-state index contributed by atoms with van der Waals surface area (Å²) in [5, 5.41) is 0. The molecule has 0 bridgehead atoms. The summed E-state index contributed by atoms with van der Waals surface area (Å²) < 4.78 is 2.14. The van der Waals surface area contributed by atoms with Gasteiger partial charge in [-0.25, -0.2) is 4.98 Å². The van der Waals surface area contributed by atoms with Gasteiger partial charge in [0.2, 0.25) is 5.91 Å². The van der Waals surface area contributed by atoms with Crippen LogP contribution in [0.4, 0.5) is 0 Å². The summed E-state index contributed by atoms with van der Waals surface area (Å²) in [4.78, 5) is 23.8. The summed E-state index contributed by atoms with van der Waals surface area (Å²) in [6, 6.07) is 1.96. The van der Waals surface area contributed by atoms with Crippen molar-refractivity contribution in [2.75, 3.05) is 13.1 Å². The maximum Gasteiger partial charge on any atom is 0.225 e. The number of carbonyl (C=O) groups excluding carboxylic acids is 1. The molecule has 1 aliphatic carbocycles. The first kappa shape index (κ1) is 14.7. The van der Waals surface area contributed by atoms with Gasteiger partial charge in [0.15, 0.2) is 0 Å². The molecule has 3 heterocycles. The molecule has 4 rings (SSSR count). The molecule has 2 fully saturated rings. The maximum atomic E-state index is 12.7. The van der Waals surface area contributed by atoms with E-state index >= 15 is 0 Å². The van der Waals surface area contributed by atoms with Gasteiger partial charge in [0.05, 0.1) is 17.2 Å². The zero-order chi connectivity index (χ0) is 15.8. The molecule has 1 saturated carbocycles. The van der Waals surface area contributed by atoms with Crippen molar-refractivity contribution >= 4 is 16.9 Å². The Balaban J connectivity index is 1.51. The minimum Gasteiger partial charge on any atom is -0.342 e. The number of rotatable bonds is 2. The fraction of sp³-hybridized carbons (Fsp3) is 0.611. The van der Waals surface area contributed by atoms with E-state index in [4.69, 9.17) is 4.98 Å². The lowest BCUT2D eigenvalue weighted by molar-refractivity contribution is -0.135. The third-order valence-electron chi connectivity index (χ3n) is 5.54. The number of imidazole rings is 1. The number of fused-ring (bicyclic) bond motifs is 1. The highest BCUT2D eigenvalue weighted by Gasteiger charge is 2.33. The van der Waals surface area contributed by atoms with Crippen LogP contribution in [0, 0.1) is 5.92 Å². The predicted molar refractivity (Wildman–Crippen MR) is 89.0 cm³/mol. The van der Waals surface area contributed by atoms with Crippen molar-refractivity contribution in [2.45, 2.75) is 44.4 Å². The largest absolute Gasteiger partial charge is 0.342 e. The summed E-state index contributed by atoms with van der Waals surface area (Å²) in [5.41, 5.74) is 2.06. The van der Waals surface area contributed by atoms with Gasteiger partial charge in [-0.3, -0.25) is 9.78 Å². The van der Waals surface area contributed by atoms with E-state index in [9.17, 15) is 4.79 Å². The van der Waals surface area contributed by atoms with Gasteiger partial charge in [0, 0.05) is 38.2 Å². The van der Waals surface area contributed by atoms with Crippen molar-refractivity contribution in [1.29, 1.82) is 0 Å². The average Bonchev–Trinajstić information content (AvgIpc) is 3.20. The second-order valence-electron chi connectivity index (χ2n) is 7.00. The normalized spacial score (nSPS) is 22.8. The molecule has 5 heteroatoms. The molecule has 0 aromatic carbocycles. The Morgan fingerprint density at radius 3 is 2.83 bits per heavy atom. The van der Waals surface area contributed by atoms with E-state index in [1.807, 2.05) is 12.3 Å². The van der Waals surface area contributed by atoms with Gasteiger partial charge >= 0.3 is 0 Å². The van der Waals surface area contributed by atoms with Crippen LogP contribution in [0.5, 0.6) is 0 Å². The Hall–Kier alpha value is -1.91. The van der Waals surface area contributed by atoms with Crippen LogP contribution in [0.2, 0.25) is 0 Å². The molecule has 5 nitrogen and oxygen atoms in total. The van der Waals surface area contributed by atoms with Gasteiger partial charge in [-0.15, -0.1) is 0 Å². The fourth-order valence-corrected chi connectivity index (χ4v) is 4.20. The van der Waals surface area contributed by atoms with E-state index in [0.29, 0.717) is 11.8 Å². The maximum absolute atomic E-state index is 12.7. The van der Waals surface area contributed by atoms with E-state index in [-0.39, 0.29) is 5.92 Å². The number of hydrogen-bond acceptors (Lipinski definition) is 3. The molecular formula is C18H24N4O. The first-order valence-electron chi connectivity index (χ1n) is 8.79. The third kappa shape index (κ3) is 2.62. The van der Waals surface area contributed by atoms with Crippen LogP contribution in [0.3, 0.4) is 0 Å². The van der Waals surface area contributed by atoms with Crippen LogP contribution in [-0.4, -0.2) is 38.4 Å². The number of carbonyl (C=O) groups is 1. The Morgan fingerprint density at radius 1 is 1.22 bits per heavy atom. The molecule has 1 aliphatic heterocycles. The van der Waals surface area contributed by atoms with Crippen molar-refractivity contribution in [2.24, 2.45) is 13.0 Å². The van der Waals surface area contributed by atoms with Gasteiger partial charge in [-0.05, 0) is 25.3 Å². The molecule has 0 N–H and O–H groups in total. The molecule has 0 spiro atoms. The van der Waals surface area contributed by atoms with Gasteiger partial charge < -0.3 is 9.47 Å². The summed E-state index contributed by atoms with van der Waals surface area (Å²) >= 11 is 0. The molecule has 1 saturated heterocycles. The van der Waals surface area contributed by atoms with Gasteiger partial charge in [-0.1, -0.05) is 19.3 Å². The van der Waals surface area contributed by atoms with E-state index in [1.54, 1.807) is 6.20 Å². The van der Waals surface area contributed by atoms with Crippen molar-refractivity contribution in [3.8, 4) is 0 Å². The monoisotopic (exact) mass is 312 g/mol. The molecule has 23 heavy (non-hydrogen) atoms. The number of amides is 1. The van der Waals surface area contributed by atoms with E-state index in [1.165, 1.54) is 19.3 Å². The number of pyridine rings is 1. The van der Waals surface area contributed by atoms with Crippen LogP contribution in [0.25, 0.3) is 11.0 Å². The molecular weight excluding hydrogens is 288 g/mol. The second-order valence-corrected chi connectivity index (χ2v) is 7.00. The molecule has 1 amide bonds. The van der Waals surface area contributed by atoms with Crippen molar-refractivity contribution < 1.29 is 4.79 Å². The highest BCUT2D eigenvalue weighted by Crippen LogP contribution is 2.32. The number of nitrogens with zero attached hydrogens (tertiary/aromatic N) is 4. The molecule has 1 atom stereocenters. The molecule has 2 aliphatic rings. The lowest BCUT2D eigenvalue weighted by Crippen LogP contribution is -2.35. The van der Waals surface area contributed by atoms with Crippen LogP contribution in [0.1, 0.15) is 50.3 Å². The number of aromatic nitrogens is 3. The third-order valence-corrected chi connectivity index (χ3v) is 5.54. The topological polar surface area (TPSA) is 51.0 Å². The molecule has 2 aromatic heterocycles. The Bertz CT molecular complexity index is 717. The highest BCUT2D eigenvalue weighted by molar-refractivity contribution is 5.79. The quantitative estimate of drug-likeness (QED) is 0.857. The lowest BCUT2D eigenvalue weighted by Gasteiger charge is -2.26. The zero-order valence-electron chi connectivity index (χ0n) is 13.7. The standard InChI is InChI=1S/C18H24N4O/c1-21-16-11-19-9-7-15(16)20-17(21)14-8-10-22(12-14)18(23)13-5-3-2-4-6-13/h7,9,11,13-14H,2-6,8,10,12H2,1H3/t14-/m0/s1. The highest BCUT2D eigenvalue weighted by atomic mass is 16.2. The van der Waals surface area contributed by atoms with Crippen LogP contribution < -0.4 is 0 Å². The predicted octanol–water partition coefficient (Wildman–Crippen LogP) is 2.86. The van der Waals surface area contributed by atoms with E-state index < -0.39 is 0 Å². The minimum absolute atomic E-state index is 0.271. The molecule has 2 aromatic rings. The molecule has 0 unspecified atom stereocenters. The van der Waals surface area contributed by atoms with Gasteiger partial charge in [-0.2, -0.15) is 0 Å². The van der Waals surface area contributed by atoms with Crippen LogP contribution >= 0.6 is 0 Å². The summed E-state index contributed by atoms with van der Waals surface area (Å²) in [6.45, 7) is 1.70. The van der Waals surface area contributed by atoms with Crippen molar-refractivity contribution in [1.82, 2.24) is 19.4 Å². The molecule has 0 radical (unpaired) electrons. The van der Waals surface area contributed by atoms with E-state index in [2.05, 4.69) is 21.5 Å². The lowest BCUT2D eigenvalue weighted by atomic mass is 9.88. The summed E-state index contributed by atoms with van der Waals surface area (Å²) in [7, 11) is 2.05. The van der Waals surface area contributed by atoms with Crippen molar-refractivity contribution in [3.63, 3.8) is 0 Å². The average molecular weight is 312 g/mol. The summed E-state index contributed by atoms with van der Waals surface area (Å²) in [5.74, 6) is 2.09. The first-order valence-corrected chi connectivity index (χ1v) is 8.79. The number of hydrogen-bond donors (Lipinski definition) is 0. The Labute approximate surface area is 136 Å². The van der Waals surface area contributed by atoms with Crippen LogP contribution in [0.15, 0.2) is 18.5 Å². The van der Waals surface area contributed by atoms with Gasteiger partial charge in [0.25, 0.3) is 0 Å². The first-order chi connectivity index (χ1) is 11.2. The minimum atomic E-state index is 0.271. The number of aryl methyl sites for hydroxylation is 1. The van der Waals surface area contributed by atoms with Crippen molar-refractivity contribution in [3.05, 3.63) is 24.3 Å². The SMILES string of the molecule is Cn1c([C@H]2CCN(C(=O)C3CCCCC3)C2)nc2ccncc21.